The molecule has 1 amide bonds. The van der Waals surface area contributed by atoms with Crippen molar-refractivity contribution in [3.05, 3.63) is 76.5 Å². The van der Waals surface area contributed by atoms with Gasteiger partial charge in [-0.25, -0.2) is 18.2 Å². The Hall–Kier alpha value is -2.80. The number of halogens is 4. The first kappa shape index (κ1) is 20.5. The van der Waals surface area contributed by atoms with Gasteiger partial charge < -0.3 is 9.32 Å². The third-order valence-corrected chi connectivity index (χ3v) is 5.36. The average Bonchev–Trinajstić information content (AvgIpc) is 3.43. The Labute approximate surface area is 176 Å². The molecule has 1 saturated carbocycles. The number of benzene rings is 2. The molecule has 0 aliphatic heterocycles. The van der Waals surface area contributed by atoms with Gasteiger partial charge in [-0.3, -0.25) is 4.79 Å². The van der Waals surface area contributed by atoms with Crippen LogP contribution in [0, 0.1) is 17.5 Å². The summed E-state index contributed by atoms with van der Waals surface area (Å²) in [5.74, 6) is -1.62. The maximum absolute atomic E-state index is 14.1. The van der Waals surface area contributed by atoms with Gasteiger partial charge in [-0.1, -0.05) is 17.7 Å². The van der Waals surface area contributed by atoms with Gasteiger partial charge in [-0.2, -0.15) is 0 Å². The minimum atomic E-state index is -0.754. The van der Waals surface area contributed by atoms with Crippen molar-refractivity contribution in [2.45, 2.75) is 38.3 Å². The van der Waals surface area contributed by atoms with E-state index >= 15 is 0 Å². The molecule has 0 bridgehead atoms. The minimum absolute atomic E-state index is 0.0709. The van der Waals surface area contributed by atoms with Crippen molar-refractivity contribution in [3.8, 4) is 11.3 Å². The van der Waals surface area contributed by atoms with E-state index in [1.165, 1.54) is 24.4 Å². The minimum Gasteiger partial charge on any atom is -0.441 e. The van der Waals surface area contributed by atoms with Crippen LogP contribution in [0.25, 0.3) is 11.3 Å². The summed E-state index contributed by atoms with van der Waals surface area (Å²) in [4.78, 5) is 18.5. The van der Waals surface area contributed by atoms with E-state index in [-0.39, 0.29) is 53.6 Å². The molecule has 156 valence electrons. The molecule has 1 heterocycles. The highest BCUT2D eigenvalue weighted by molar-refractivity contribution is 6.31. The lowest BCUT2D eigenvalue weighted by atomic mass is 10.1. The molecule has 4 nitrogen and oxygen atoms in total. The molecule has 0 N–H and O–H groups in total. The van der Waals surface area contributed by atoms with Gasteiger partial charge in [0.1, 0.15) is 17.5 Å². The standard InChI is InChI=1S/C22H18ClF3N2O2/c23-17-2-1-3-18(25)16(17)12-28(14-5-6-14)22(29)9-8-21-27-11-20(30-21)15-7-4-13(24)10-19(15)26/h1-4,7,10-11,14H,5-6,8-9,12H2. The summed E-state index contributed by atoms with van der Waals surface area (Å²) in [5.41, 5.74) is 0.389. The van der Waals surface area contributed by atoms with Crippen molar-refractivity contribution in [2.24, 2.45) is 0 Å². The van der Waals surface area contributed by atoms with E-state index in [0.717, 1.165) is 25.0 Å². The second kappa shape index (κ2) is 8.52. The first-order valence-electron chi connectivity index (χ1n) is 9.55. The maximum atomic E-state index is 14.1. The Morgan fingerprint density at radius 2 is 1.97 bits per heavy atom. The fourth-order valence-electron chi connectivity index (χ4n) is 3.26. The molecule has 0 radical (unpaired) electrons. The SMILES string of the molecule is O=C(CCc1ncc(-c2ccc(F)cc2F)o1)N(Cc1c(F)cccc1Cl)C1CC1. The van der Waals surface area contributed by atoms with Crippen molar-refractivity contribution < 1.29 is 22.4 Å². The number of hydrogen-bond acceptors (Lipinski definition) is 3. The van der Waals surface area contributed by atoms with Gasteiger partial charge in [0, 0.05) is 35.5 Å². The van der Waals surface area contributed by atoms with Crippen LogP contribution >= 0.6 is 11.6 Å². The normalized spacial score (nSPS) is 13.5. The van der Waals surface area contributed by atoms with Crippen molar-refractivity contribution in [1.29, 1.82) is 0 Å². The summed E-state index contributed by atoms with van der Waals surface area (Å²) in [6, 6.07) is 7.68. The Bertz CT molecular complexity index is 1060. The predicted octanol–water partition coefficient (Wildman–Crippen LogP) is 5.54. The van der Waals surface area contributed by atoms with Crippen LogP contribution < -0.4 is 0 Å². The van der Waals surface area contributed by atoms with E-state index in [4.69, 9.17) is 16.0 Å². The highest BCUT2D eigenvalue weighted by Gasteiger charge is 2.33. The Kier molecular flexibility index (Phi) is 5.81. The number of hydrogen-bond donors (Lipinski definition) is 0. The second-order valence-corrected chi connectivity index (χ2v) is 7.60. The van der Waals surface area contributed by atoms with Crippen molar-refractivity contribution in [2.75, 3.05) is 0 Å². The first-order valence-corrected chi connectivity index (χ1v) is 9.92. The molecular weight excluding hydrogens is 417 g/mol. The largest absolute Gasteiger partial charge is 0.441 e. The summed E-state index contributed by atoms with van der Waals surface area (Å²) in [5, 5.41) is 0.284. The van der Waals surface area contributed by atoms with Crippen molar-refractivity contribution in [3.63, 3.8) is 0 Å². The summed E-state index contributed by atoms with van der Waals surface area (Å²) in [6.07, 6.45) is 3.38. The Morgan fingerprint density at radius 1 is 1.17 bits per heavy atom. The maximum Gasteiger partial charge on any atom is 0.223 e. The molecule has 0 atom stereocenters. The quantitative estimate of drug-likeness (QED) is 0.490. The zero-order valence-electron chi connectivity index (χ0n) is 15.9. The van der Waals surface area contributed by atoms with E-state index in [1.54, 1.807) is 11.0 Å². The predicted molar refractivity (Wildman–Crippen MR) is 105 cm³/mol. The van der Waals surface area contributed by atoms with Crippen molar-refractivity contribution >= 4 is 17.5 Å². The highest BCUT2D eigenvalue weighted by atomic mass is 35.5. The summed E-state index contributed by atoms with van der Waals surface area (Å²) >= 11 is 6.10. The number of carbonyl (C=O) groups excluding carboxylic acids is 1. The topological polar surface area (TPSA) is 46.3 Å². The Balaban J connectivity index is 1.43. The zero-order valence-corrected chi connectivity index (χ0v) is 16.6. The van der Waals surface area contributed by atoms with Crippen LogP contribution in [0.15, 0.2) is 47.0 Å². The third-order valence-electron chi connectivity index (χ3n) is 5.00. The number of nitrogens with zero attached hydrogens (tertiary/aromatic N) is 2. The smallest absolute Gasteiger partial charge is 0.223 e. The van der Waals surface area contributed by atoms with Gasteiger partial charge in [0.2, 0.25) is 5.91 Å². The molecule has 0 spiro atoms. The van der Waals surface area contributed by atoms with E-state index in [1.807, 2.05) is 0 Å². The monoisotopic (exact) mass is 434 g/mol. The molecule has 1 aromatic heterocycles. The number of carbonyl (C=O) groups is 1. The summed E-state index contributed by atoms with van der Waals surface area (Å²) in [6.45, 7) is 0.104. The molecular formula is C22H18ClF3N2O2. The van der Waals surface area contributed by atoms with Crippen LogP contribution in [0.1, 0.15) is 30.7 Å². The average molecular weight is 435 g/mol. The summed E-state index contributed by atoms with van der Waals surface area (Å²) < 4.78 is 46.6. The zero-order chi connectivity index (χ0) is 21.3. The lowest BCUT2D eigenvalue weighted by molar-refractivity contribution is -0.132. The van der Waals surface area contributed by atoms with E-state index in [0.29, 0.717) is 5.56 Å². The molecule has 30 heavy (non-hydrogen) atoms. The molecule has 0 saturated heterocycles. The molecule has 1 aliphatic rings. The van der Waals surface area contributed by atoms with Crippen LogP contribution in [0.3, 0.4) is 0 Å². The fourth-order valence-corrected chi connectivity index (χ4v) is 3.48. The third kappa shape index (κ3) is 4.51. The van der Waals surface area contributed by atoms with Gasteiger partial charge in [-0.05, 0) is 37.1 Å². The second-order valence-electron chi connectivity index (χ2n) is 7.20. The van der Waals surface area contributed by atoms with E-state index < -0.39 is 17.5 Å². The number of aromatic nitrogens is 1. The van der Waals surface area contributed by atoms with E-state index in [2.05, 4.69) is 4.98 Å². The van der Waals surface area contributed by atoms with Crippen LogP contribution in [-0.4, -0.2) is 21.8 Å². The number of amides is 1. The molecule has 0 unspecified atom stereocenters. The molecule has 1 fully saturated rings. The van der Waals surface area contributed by atoms with Gasteiger partial charge in [0.15, 0.2) is 11.7 Å². The molecule has 2 aromatic carbocycles. The van der Waals surface area contributed by atoms with Gasteiger partial charge in [-0.15, -0.1) is 0 Å². The lowest BCUT2D eigenvalue weighted by Gasteiger charge is -2.23. The van der Waals surface area contributed by atoms with E-state index in [9.17, 15) is 18.0 Å². The lowest BCUT2D eigenvalue weighted by Crippen LogP contribution is -2.33. The van der Waals surface area contributed by atoms with Crippen molar-refractivity contribution in [1.82, 2.24) is 9.88 Å². The fraction of sp³-hybridized carbons (Fsp3) is 0.273. The highest BCUT2D eigenvalue weighted by Crippen LogP contribution is 2.31. The molecule has 1 aliphatic carbocycles. The summed E-state index contributed by atoms with van der Waals surface area (Å²) in [7, 11) is 0. The number of rotatable bonds is 7. The Morgan fingerprint density at radius 3 is 2.67 bits per heavy atom. The first-order chi connectivity index (χ1) is 14.4. The van der Waals surface area contributed by atoms with Crippen LogP contribution in [0.2, 0.25) is 5.02 Å². The number of aryl methyl sites for hydroxylation is 1. The van der Waals surface area contributed by atoms with Gasteiger partial charge in [0.25, 0.3) is 0 Å². The molecule has 3 aromatic rings. The molecule has 4 rings (SSSR count). The molecule has 8 heteroatoms. The number of oxazole rings is 1. The van der Waals surface area contributed by atoms with Crippen LogP contribution in [0.4, 0.5) is 13.2 Å². The van der Waals surface area contributed by atoms with Gasteiger partial charge in [0.05, 0.1) is 18.3 Å². The van der Waals surface area contributed by atoms with Crippen LogP contribution in [0.5, 0.6) is 0 Å². The van der Waals surface area contributed by atoms with Gasteiger partial charge >= 0.3 is 0 Å². The van der Waals surface area contributed by atoms with Crippen LogP contribution in [-0.2, 0) is 17.8 Å².